The molecular formula is C29H33NO10. The number of aryl methyl sites for hydroxylation is 1. The fourth-order valence-electron chi connectivity index (χ4n) is 4.41. The number of rotatable bonds is 6. The molecule has 1 aliphatic rings. The molecule has 0 bridgehead atoms. The lowest BCUT2D eigenvalue weighted by atomic mass is 9.90. The topological polar surface area (TPSA) is 179 Å². The third-order valence-corrected chi connectivity index (χ3v) is 6.88. The van der Waals surface area contributed by atoms with Gasteiger partial charge >= 0.3 is 5.63 Å². The molecule has 3 aromatic rings. The summed E-state index contributed by atoms with van der Waals surface area (Å²) in [5.74, 6) is -1.06. The summed E-state index contributed by atoms with van der Waals surface area (Å²) in [4.78, 5) is 25.8. The molecule has 0 spiro atoms. The van der Waals surface area contributed by atoms with Gasteiger partial charge in [-0.1, -0.05) is 11.6 Å². The molecule has 11 nitrogen and oxygen atoms in total. The predicted octanol–water partition coefficient (Wildman–Crippen LogP) is 2.87. The zero-order valence-electron chi connectivity index (χ0n) is 22.8. The van der Waals surface area contributed by atoms with Crippen LogP contribution < -0.4 is 15.7 Å². The van der Waals surface area contributed by atoms with Crippen LogP contribution in [0.15, 0.2) is 51.2 Å². The van der Waals surface area contributed by atoms with Gasteiger partial charge < -0.3 is 44.7 Å². The minimum Gasteiger partial charge on any atom is -0.508 e. The highest BCUT2D eigenvalue weighted by atomic mass is 16.7. The van der Waals surface area contributed by atoms with Gasteiger partial charge in [-0.15, -0.1) is 0 Å². The molecule has 1 fully saturated rings. The number of benzene rings is 2. The summed E-state index contributed by atoms with van der Waals surface area (Å²) >= 11 is 0. The zero-order valence-corrected chi connectivity index (χ0v) is 22.8. The van der Waals surface area contributed by atoms with E-state index in [1.807, 2.05) is 19.9 Å². The second kappa shape index (κ2) is 10.9. The number of nitrogens with one attached hydrogen (secondary N) is 1. The van der Waals surface area contributed by atoms with Crippen molar-refractivity contribution in [2.24, 2.45) is 0 Å². The average molecular weight is 556 g/mol. The first-order valence-corrected chi connectivity index (χ1v) is 12.7. The van der Waals surface area contributed by atoms with Crippen molar-refractivity contribution in [3.05, 3.63) is 69.1 Å². The van der Waals surface area contributed by atoms with Gasteiger partial charge in [0.1, 0.15) is 35.4 Å². The molecule has 1 saturated heterocycles. The first-order valence-electron chi connectivity index (χ1n) is 12.7. The highest BCUT2D eigenvalue weighted by Crippen LogP contribution is 2.37. The summed E-state index contributed by atoms with van der Waals surface area (Å²) < 4.78 is 16.8. The Balaban J connectivity index is 1.63. The van der Waals surface area contributed by atoms with E-state index in [-0.39, 0.29) is 33.6 Å². The molecular weight excluding hydrogens is 522 g/mol. The van der Waals surface area contributed by atoms with Crippen LogP contribution in [0.4, 0.5) is 5.69 Å². The molecule has 11 heteroatoms. The number of allylic oxidation sites excluding steroid dienone is 2. The van der Waals surface area contributed by atoms with E-state index in [9.17, 15) is 35.1 Å². The molecule has 0 radical (unpaired) electrons. The van der Waals surface area contributed by atoms with Crippen molar-refractivity contribution in [1.29, 1.82) is 0 Å². The van der Waals surface area contributed by atoms with Crippen LogP contribution >= 0.6 is 0 Å². The quantitative estimate of drug-likeness (QED) is 0.196. The van der Waals surface area contributed by atoms with Crippen LogP contribution in [0.5, 0.6) is 17.2 Å². The Hall–Kier alpha value is -3.90. The minimum atomic E-state index is -1.57. The maximum Gasteiger partial charge on any atom is 0.364 e. The van der Waals surface area contributed by atoms with Gasteiger partial charge in [0.2, 0.25) is 6.29 Å². The van der Waals surface area contributed by atoms with Crippen LogP contribution in [0.2, 0.25) is 0 Å². The Morgan fingerprint density at radius 1 is 1.10 bits per heavy atom. The molecule has 0 aliphatic carbocycles. The van der Waals surface area contributed by atoms with Crippen molar-refractivity contribution in [2.75, 3.05) is 5.32 Å². The lowest BCUT2D eigenvalue weighted by Gasteiger charge is -2.45. The van der Waals surface area contributed by atoms with E-state index >= 15 is 0 Å². The van der Waals surface area contributed by atoms with E-state index < -0.39 is 53.2 Å². The third kappa shape index (κ3) is 5.54. The van der Waals surface area contributed by atoms with Crippen molar-refractivity contribution >= 4 is 22.6 Å². The average Bonchev–Trinajstić information content (AvgIpc) is 2.89. The number of anilines is 1. The normalized spacial score (nSPS) is 22.1. The Bertz CT molecular complexity index is 1540. The molecule has 1 aliphatic heterocycles. The van der Waals surface area contributed by atoms with Crippen molar-refractivity contribution in [3.63, 3.8) is 0 Å². The number of aromatic hydroxyl groups is 2. The van der Waals surface area contributed by atoms with Crippen molar-refractivity contribution in [3.8, 4) is 17.2 Å². The molecule has 4 atom stereocenters. The van der Waals surface area contributed by atoms with E-state index in [2.05, 4.69) is 5.32 Å². The number of aliphatic hydroxyl groups is 3. The predicted molar refractivity (Wildman–Crippen MR) is 146 cm³/mol. The highest BCUT2D eigenvalue weighted by molar-refractivity contribution is 6.06. The maximum atomic E-state index is 12.9. The van der Waals surface area contributed by atoms with Gasteiger partial charge in [0.05, 0.1) is 11.0 Å². The maximum absolute atomic E-state index is 12.9. The molecule has 2 heterocycles. The van der Waals surface area contributed by atoms with Crippen molar-refractivity contribution in [2.45, 2.75) is 71.2 Å². The zero-order chi connectivity index (χ0) is 29.5. The molecule has 1 amide bonds. The molecule has 1 aromatic heterocycles. The second-order valence-electron chi connectivity index (χ2n) is 10.6. The van der Waals surface area contributed by atoms with E-state index in [4.69, 9.17) is 13.9 Å². The van der Waals surface area contributed by atoms with Crippen LogP contribution in [0, 0.1) is 6.92 Å². The minimum absolute atomic E-state index is 0.0241. The standard InChI is InChI=1S/C29H33NO10/c1-13(2)6-7-15-12-16(8-10-18(15)31)26(36)30-20-21(32)17-9-11-19(14(3)24(17)39-27(20)37)38-28-23(34)22(33)25(35)29(4,5)40-28/h6,8-12,22-23,25,28,31-35H,7H2,1-5H3,(H,30,36)/t22-,23+,25-,28+/m0/s1. The number of carbonyl (C=O) groups excluding carboxylic acids is 1. The van der Waals surface area contributed by atoms with Gasteiger partial charge in [-0.25, -0.2) is 4.79 Å². The lowest BCUT2D eigenvalue weighted by Crippen LogP contribution is -2.63. The highest BCUT2D eigenvalue weighted by Gasteiger charge is 2.49. The monoisotopic (exact) mass is 555 g/mol. The fraction of sp³-hybridized carbons (Fsp3) is 0.379. The van der Waals surface area contributed by atoms with E-state index in [0.29, 0.717) is 12.0 Å². The third-order valence-electron chi connectivity index (χ3n) is 6.88. The molecule has 0 unspecified atom stereocenters. The number of ether oxygens (including phenoxy) is 2. The van der Waals surface area contributed by atoms with E-state index in [1.165, 1.54) is 44.2 Å². The molecule has 0 saturated carbocycles. The van der Waals surface area contributed by atoms with Crippen molar-refractivity contribution < 1.29 is 44.2 Å². The van der Waals surface area contributed by atoms with Crippen LogP contribution in [-0.2, 0) is 11.2 Å². The number of hydrogen-bond acceptors (Lipinski definition) is 10. The number of aliphatic hydroxyl groups excluding tert-OH is 3. The Kier molecular flexibility index (Phi) is 7.95. The SMILES string of the molecule is CC(C)=CCc1cc(C(=O)Nc2c(O)c3ccc(O[C@@H]4OC(C)(C)[C@@H](O)[C@@H](O)[C@H]4O)c(C)c3oc2=O)ccc1O. The van der Waals surface area contributed by atoms with Crippen LogP contribution in [0.25, 0.3) is 11.0 Å². The second-order valence-corrected chi connectivity index (χ2v) is 10.6. The van der Waals surface area contributed by atoms with Gasteiger partial charge in [-0.05, 0) is 76.9 Å². The largest absolute Gasteiger partial charge is 0.508 e. The van der Waals surface area contributed by atoms with Crippen LogP contribution in [0.1, 0.15) is 49.2 Å². The van der Waals surface area contributed by atoms with Gasteiger partial charge in [0, 0.05) is 11.1 Å². The lowest BCUT2D eigenvalue weighted by molar-refractivity contribution is -0.301. The summed E-state index contributed by atoms with van der Waals surface area (Å²) in [6.07, 6.45) is -3.50. The number of fused-ring (bicyclic) bond motifs is 1. The summed E-state index contributed by atoms with van der Waals surface area (Å²) in [7, 11) is 0. The molecule has 40 heavy (non-hydrogen) atoms. The number of amides is 1. The number of phenolic OH excluding ortho intramolecular Hbond substituents is 1. The number of phenols is 1. The number of hydrogen-bond donors (Lipinski definition) is 6. The fourth-order valence-corrected chi connectivity index (χ4v) is 4.41. The summed E-state index contributed by atoms with van der Waals surface area (Å²) in [6.45, 7) is 8.44. The molecule has 214 valence electrons. The van der Waals surface area contributed by atoms with Crippen LogP contribution in [-0.4, -0.2) is 61.6 Å². The van der Waals surface area contributed by atoms with Crippen LogP contribution in [0.3, 0.4) is 0 Å². The number of carbonyl (C=O) groups is 1. The molecule has 4 rings (SSSR count). The first-order chi connectivity index (χ1) is 18.7. The van der Waals surface area contributed by atoms with Gasteiger partial charge in [-0.2, -0.15) is 0 Å². The molecule has 2 aromatic carbocycles. The van der Waals surface area contributed by atoms with E-state index in [0.717, 1.165) is 5.57 Å². The smallest absolute Gasteiger partial charge is 0.364 e. The molecule has 6 N–H and O–H groups in total. The van der Waals surface area contributed by atoms with Crippen molar-refractivity contribution in [1.82, 2.24) is 0 Å². The van der Waals surface area contributed by atoms with E-state index in [1.54, 1.807) is 6.92 Å². The van der Waals surface area contributed by atoms with Gasteiger partial charge in [0.15, 0.2) is 11.4 Å². The van der Waals surface area contributed by atoms with Gasteiger partial charge in [0.25, 0.3) is 5.91 Å². The Morgan fingerprint density at radius 3 is 2.48 bits per heavy atom. The first kappa shape index (κ1) is 29.1. The Labute approximate surface area is 229 Å². The Morgan fingerprint density at radius 2 is 1.80 bits per heavy atom. The summed E-state index contributed by atoms with van der Waals surface area (Å²) in [6, 6.07) is 7.11. The summed E-state index contributed by atoms with van der Waals surface area (Å²) in [5, 5.41) is 54.2. The van der Waals surface area contributed by atoms with Gasteiger partial charge in [-0.3, -0.25) is 4.79 Å². The summed E-state index contributed by atoms with van der Waals surface area (Å²) in [5.41, 5.74) is -0.740.